The largest absolute Gasteiger partial charge is 0.411 e. The molecule has 0 fully saturated rings. The van der Waals surface area contributed by atoms with Crippen LogP contribution in [0.4, 0.5) is 0 Å². The van der Waals surface area contributed by atoms with Gasteiger partial charge in [0.25, 0.3) is 0 Å². The smallest absolute Gasteiger partial charge is 0.330 e. The molecule has 0 aliphatic rings. The van der Waals surface area contributed by atoms with Crippen LogP contribution in [0, 0.1) is 6.33 Å². The van der Waals surface area contributed by atoms with Crippen LogP contribution in [0.2, 0.25) is 0 Å². The van der Waals surface area contributed by atoms with E-state index >= 15 is 0 Å². The number of oxime groups is 1. The number of H-pyrrole nitrogens is 1. The molecule has 1 aromatic rings. The summed E-state index contributed by atoms with van der Waals surface area (Å²) in [6, 6.07) is 0. The van der Waals surface area contributed by atoms with Gasteiger partial charge < -0.3 is 5.21 Å². The first-order valence-corrected chi connectivity index (χ1v) is 2.99. The maximum atomic E-state index is 10.9. The predicted octanol–water partition coefficient (Wildman–Crippen LogP) is -1.81. The van der Waals surface area contributed by atoms with Crippen molar-refractivity contribution in [3.05, 3.63) is 27.0 Å². The predicted molar refractivity (Wildman–Crippen MR) is 38.2 cm³/mol. The molecule has 12 heavy (non-hydrogen) atoms. The molecule has 1 heterocycles. The lowest BCUT2D eigenvalue weighted by atomic mass is 10.6. The van der Waals surface area contributed by atoms with E-state index in [1.54, 1.807) is 0 Å². The van der Waals surface area contributed by atoms with E-state index in [0.717, 1.165) is 10.8 Å². The Morgan fingerprint density at radius 3 is 3.17 bits per heavy atom. The van der Waals surface area contributed by atoms with E-state index in [0.29, 0.717) is 0 Å². The molecule has 0 atom stereocenters. The first kappa shape index (κ1) is 8.18. The fourth-order valence-electron chi connectivity index (χ4n) is 0.594. The third-order valence-electron chi connectivity index (χ3n) is 1.11. The monoisotopic (exact) mass is 169 g/mol. The summed E-state index contributed by atoms with van der Waals surface area (Å²) in [7, 11) is 0. The van der Waals surface area contributed by atoms with Crippen molar-refractivity contribution < 1.29 is 5.21 Å². The van der Waals surface area contributed by atoms with E-state index in [1.165, 1.54) is 0 Å². The normalized spacial score (nSPS) is 10.7. The fraction of sp³-hybridized carbons (Fsp3) is 0.200. The third-order valence-corrected chi connectivity index (χ3v) is 1.11. The van der Waals surface area contributed by atoms with Crippen molar-refractivity contribution in [3.8, 4) is 0 Å². The molecular formula is C5H5N4O3. The topological polar surface area (TPSA) is 100 Å². The van der Waals surface area contributed by atoms with Crippen molar-refractivity contribution >= 4 is 6.21 Å². The first-order chi connectivity index (χ1) is 5.75. The standard InChI is InChI=1S/C5H5N4O3/c10-4-5(11)9(2-1-7-12)3-6-8-4/h1,12H,2H2,(H,8,10). The molecule has 0 amide bonds. The molecule has 0 aliphatic carbocycles. The molecule has 0 bridgehead atoms. The molecular weight excluding hydrogens is 164 g/mol. The van der Waals surface area contributed by atoms with E-state index in [4.69, 9.17) is 5.21 Å². The number of hydrogen-bond acceptors (Lipinski definition) is 5. The Bertz CT molecular complexity index is 390. The van der Waals surface area contributed by atoms with Crippen LogP contribution in [0.3, 0.4) is 0 Å². The molecule has 63 valence electrons. The van der Waals surface area contributed by atoms with Gasteiger partial charge >= 0.3 is 11.1 Å². The van der Waals surface area contributed by atoms with Crippen LogP contribution in [0.1, 0.15) is 0 Å². The van der Waals surface area contributed by atoms with Crippen LogP contribution in [-0.4, -0.2) is 26.2 Å². The van der Waals surface area contributed by atoms with Gasteiger partial charge in [-0.1, -0.05) is 0 Å². The van der Waals surface area contributed by atoms with Crippen molar-refractivity contribution in [1.29, 1.82) is 0 Å². The average molecular weight is 169 g/mol. The Morgan fingerprint density at radius 2 is 2.50 bits per heavy atom. The number of nitrogens with one attached hydrogen (secondary N) is 1. The van der Waals surface area contributed by atoms with Gasteiger partial charge in [0.05, 0.1) is 12.8 Å². The maximum Gasteiger partial charge on any atom is 0.330 e. The highest BCUT2D eigenvalue weighted by Crippen LogP contribution is 1.67. The van der Waals surface area contributed by atoms with Crippen molar-refractivity contribution in [2.45, 2.75) is 6.54 Å². The SMILES string of the molecule is O=c1[nH]n[c]n(CC=NO)c1=O. The Morgan fingerprint density at radius 1 is 1.75 bits per heavy atom. The number of hydrogen-bond donors (Lipinski definition) is 2. The lowest BCUT2D eigenvalue weighted by molar-refractivity contribution is 0.320. The Hall–Kier alpha value is -1.92. The number of aromatic nitrogens is 3. The van der Waals surface area contributed by atoms with Gasteiger partial charge in [0.15, 0.2) is 0 Å². The minimum absolute atomic E-state index is 0.0355. The molecule has 7 heteroatoms. The summed E-state index contributed by atoms with van der Waals surface area (Å²) >= 11 is 0. The zero-order chi connectivity index (χ0) is 8.97. The summed E-state index contributed by atoms with van der Waals surface area (Å²) in [4.78, 5) is 21.5. The number of nitrogens with zero attached hydrogens (tertiary/aromatic N) is 3. The Labute approximate surface area is 66.0 Å². The van der Waals surface area contributed by atoms with E-state index in [2.05, 4.69) is 16.6 Å². The van der Waals surface area contributed by atoms with E-state index in [1.807, 2.05) is 5.10 Å². The highest BCUT2D eigenvalue weighted by molar-refractivity contribution is 5.55. The molecule has 0 spiro atoms. The van der Waals surface area contributed by atoms with Crippen LogP contribution >= 0.6 is 0 Å². The molecule has 1 rings (SSSR count). The quantitative estimate of drug-likeness (QED) is 0.236. The minimum Gasteiger partial charge on any atom is -0.411 e. The summed E-state index contributed by atoms with van der Waals surface area (Å²) in [5.41, 5.74) is -1.62. The summed E-state index contributed by atoms with van der Waals surface area (Å²) < 4.78 is 0.887. The maximum absolute atomic E-state index is 10.9. The lowest BCUT2D eigenvalue weighted by Gasteiger charge is -1.94. The average Bonchev–Trinajstić information content (AvgIpc) is 2.08. The number of aromatic amines is 1. The molecule has 2 N–H and O–H groups in total. The molecule has 1 radical (unpaired) electrons. The van der Waals surface area contributed by atoms with Crippen molar-refractivity contribution in [2.75, 3.05) is 0 Å². The minimum atomic E-state index is -0.833. The lowest BCUT2D eigenvalue weighted by Crippen LogP contribution is -2.37. The molecule has 0 unspecified atom stereocenters. The van der Waals surface area contributed by atoms with Crippen molar-refractivity contribution in [3.63, 3.8) is 0 Å². The molecule has 0 aliphatic heterocycles. The van der Waals surface area contributed by atoms with E-state index in [-0.39, 0.29) is 6.54 Å². The Balaban J connectivity index is 3.09. The molecule has 0 saturated carbocycles. The summed E-state index contributed by atoms with van der Waals surface area (Å²) in [5, 5.41) is 15.8. The molecule has 1 aromatic heterocycles. The van der Waals surface area contributed by atoms with Gasteiger partial charge in [0, 0.05) is 0 Å². The molecule has 0 saturated heterocycles. The zero-order valence-electron chi connectivity index (χ0n) is 5.89. The van der Waals surface area contributed by atoms with Gasteiger partial charge in [0.2, 0.25) is 6.33 Å². The zero-order valence-corrected chi connectivity index (χ0v) is 5.89. The van der Waals surface area contributed by atoms with Crippen LogP contribution in [0.15, 0.2) is 14.7 Å². The van der Waals surface area contributed by atoms with Crippen molar-refractivity contribution in [2.24, 2.45) is 5.16 Å². The second-order valence-electron chi connectivity index (χ2n) is 1.87. The molecule has 0 aromatic carbocycles. The second kappa shape index (κ2) is 3.46. The highest BCUT2D eigenvalue weighted by Gasteiger charge is 1.97. The fourth-order valence-corrected chi connectivity index (χ4v) is 0.594. The summed E-state index contributed by atoms with van der Waals surface area (Å²) in [6.07, 6.45) is 3.25. The van der Waals surface area contributed by atoms with Crippen LogP contribution < -0.4 is 11.1 Å². The van der Waals surface area contributed by atoms with Gasteiger partial charge in [-0.15, -0.1) is 5.16 Å². The van der Waals surface area contributed by atoms with Gasteiger partial charge in [-0.2, -0.15) is 5.10 Å². The summed E-state index contributed by atoms with van der Waals surface area (Å²) in [5.74, 6) is 0. The van der Waals surface area contributed by atoms with Crippen LogP contribution in [-0.2, 0) is 6.54 Å². The van der Waals surface area contributed by atoms with Gasteiger partial charge in [-0.25, -0.2) is 5.10 Å². The van der Waals surface area contributed by atoms with Gasteiger partial charge in [0.1, 0.15) is 0 Å². The van der Waals surface area contributed by atoms with Gasteiger partial charge in [-0.05, 0) is 0 Å². The van der Waals surface area contributed by atoms with Crippen LogP contribution in [0.25, 0.3) is 0 Å². The number of rotatable bonds is 2. The van der Waals surface area contributed by atoms with E-state index < -0.39 is 11.1 Å². The Kier molecular flexibility index (Phi) is 2.36. The highest BCUT2D eigenvalue weighted by atomic mass is 16.4. The first-order valence-electron chi connectivity index (χ1n) is 2.99. The van der Waals surface area contributed by atoms with Gasteiger partial charge in [-0.3, -0.25) is 14.2 Å². The molecule has 7 nitrogen and oxygen atoms in total. The second-order valence-corrected chi connectivity index (χ2v) is 1.87. The van der Waals surface area contributed by atoms with E-state index in [9.17, 15) is 9.59 Å². The van der Waals surface area contributed by atoms with Crippen LogP contribution in [0.5, 0.6) is 0 Å². The van der Waals surface area contributed by atoms with Crippen molar-refractivity contribution in [1.82, 2.24) is 14.8 Å². The third kappa shape index (κ3) is 1.57. The summed E-state index contributed by atoms with van der Waals surface area (Å²) in [6.45, 7) is -0.0355.